The lowest BCUT2D eigenvalue weighted by Gasteiger charge is -2.29. The van der Waals surface area contributed by atoms with Crippen LogP contribution in [-0.2, 0) is 20.9 Å². The second-order valence-corrected chi connectivity index (χ2v) is 7.60. The molecule has 0 unspecified atom stereocenters. The van der Waals surface area contributed by atoms with E-state index >= 15 is 0 Å². The minimum atomic E-state index is -4.87. The van der Waals surface area contributed by atoms with E-state index in [0.29, 0.717) is 32.0 Å². The summed E-state index contributed by atoms with van der Waals surface area (Å²) >= 11 is 0. The molecule has 2 aromatic rings. The smallest absolute Gasteiger partial charge is 0.454 e. The summed E-state index contributed by atoms with van der Waals surface area (Å²) in [6.07, 6.45) is -2.29. The predicted octanol–water partition coefficient (Wildman–Crippen LogP) is 3.89. The first-order chi connectivity index (χ1) is 14.6. The second-order valence-electron chi connectivity index (χ2n) is 7.60. The monoisotopic (exact) mass is 435 g/mol. The van der Waals surface area contributed by atoms with Crippen molar-refractivity contribution < 1.29 is 27.5 Å². The van der Waals surface area contributed by atoms with Gasteiger partial charge in [0.05, 0.1) is 17.3 Å². The van der Waals surface area contributed by atoms with Gasteiger partial charge in [0.25, 0.3) is 5.78 Å². The molecule has 1 aromatic carbocycles. The van der Waals surface area contributed by atoms with Crippen molar-refractivity contribution in [2.24, 2.45) is 5.92 Å². The van der Waals surface area contributed by atoms with Crippen LogP contribution in [0.3, 0.4) is 0 Å². The van der Waals surface area contributed by atoms with E-state index in [9.17, 15) is 22.8 Å². The summed E-state index contributed by atoms with van der Waals surface area (Å²) in [6.45, 7) is 4.83. The topological polar surface area (TPSA) is 64.4 Å². The van der Waals surface area contributed by atoms with E-state index < -0.39 is 12.0 Å². The average molecular weight is 435 g/mol. The van der Waals surface area contributed by atoms with Crippen molar-refractivity contribution in [3.63, 3.8) is 0 Å². The van der Waals surface area contributed by atoms with Crippen LogP contribution in [-0.4, -0.2) is 45.7 Å². The normalized spacial score (nSPS) is 15.5. The molecule has 1 aliphatic heterocycles. The number of ether oxygens (including phenoxy) is 1. The summed E-state index contributed by atoms with van der Waals surface area (Å²) in [5, 5.41) is 4.43. The van der Waals surface area contributed by atoms with Crippen LogP contribution in [0.5, 0.6) is 0 Å². The van der Waals surface area contributed by atoms with E-state index in [2.05, 4.69) is 5.10 Å². The van der Waals surface area contributed by atoms with Gasteiger partial charge in [-0.3, -0.25) is 9.59 Å². The van der Waals surface area contributed by atoms with Crippen molar-refractivity contribution in [3.05, 3.63) is 59.6 Å². The first-order valence-corrected chi connectivity index (χ1v) is 9.96. The number of ketones is 1. The number of piperidine rings is 1. The zero-order chi connectivity index (χ0) is 22.6. The van der Waals surface area contributed by atoms with Gasteiger partial charge >= 0.3 is 12.1 Å². The molecule has 166 valence electrons. The molecule has 0 amide bonds. The zero-order valence-corrected chi connectivity index (χ0v) is 17.4. The van der Waals surface area contributed by atoms with Crippen molar-refractivity contribution in [2.75, 3.05) is 13.1 Å². The van der Waals surface area contributed by atoms with Crippen molar-refractivity contribution >= 4 is 11.8 Å². The van der Waals surface area contributed by atoms with Crippen LogP contribution in [0.1, 0.15) is 29.8 Å². The Hall–Kier alpha value is -3.10. The van der Waals surface area contributed by atoms with Crippen LogP contribution in [0, 0.1) is 19.8 Å². The molecule has 0 bridgehead atoms. The fraction of sp³-hybridized carbons (Fsp3) is 0.409. The van der Waals surface area contributed by atoms with Gasteiger partial charge < -0.3 is 9.64 Å². The number of aromatic nitrogens is 2. The summed E-state index contributed by atoms with van der Waals surface area (Å²) in [5.74, 6) is -2.52. The molecule has 0 aliphatic carbocycles. The highest BCUT2D eigenvalue weighted by Crippen LogP contribution is 2.21. The molecule has 1 saturated heterocycles. The number of esters is 1. The average Bonchev–Trinajstić information content (AvgIpc) is 3.08. The zero-order valence-electron chi connectivity index (χ0n) is 17.4. The van der Waals surface area contributed by atoms with E-state index in [1.165, 1.54) is 0 Å². The summed E-state index contributed by atoms with van der Waals surface area (Å²) in [5.41, 5.74) is 3.74. The van der Waals surface area contributed by atoms with E-state index in [0.717, 1.165) is 28.8 Å². The Bertz CT molecular complexity index is 957. The molecule has 0 radical (unpaired) electrons. The van der Waals surface area contributed by atoms with Gasteiger partial charge in [-0.25, -0.2) is 4.68 Å². The van der Waals surface area contributed by atoms with Crippen LogP contribution >= 0.6 is 0 Å². The van der Waals surface area contributed by atoms with Crippen molar-refractivity contribution in [1.82, 2.24) is 14.7 Å². The lowest BCUT2D eigenvalue weighted by atomic mass is 9.97. The molecule has 1 aromatic heterocycles. The van der Waals surface area contributed by atoms with Gasteiger partial charge in [-0.15, -0.1) is 0 Å². The number of allylic oxidation sites excluding steroid dienone is 1. The third-order valence-electron chi connectivity index (χ3n) is 5.15. The largest absolute Gasteiger partial charge is 0.461 e. The molecular weight excluding hydrogens is 411 g/mol. The Morgan fingerprint density at radius 1 is 1.16 bits per heavy atom. The Kier molecular flexibility index (Phi) is 6.82. The molecule has 1 fully saturated rings. The van der Waals surface area contributed by atoms with Gasteiger partial charge in [-0.2, -0.15) is 18.3 Å². The highest BCUT2D eigenvalue weighted by atomic mass is 19.4. The molecule has 3 rings (SSSR count). The summed E-state index contributed by atoms with van der Waals surface area (Å²) < 4.78 is 44.0. The Morgan fingerprint density at radius 2 is 1.81 bits per heavy atom. The summed E-state index contributed by atoms with van der Waals surface area (Å²) in [6, 6.07) is 9.57. The summed E-state index contributed by atoms with van der Waals surface area (Å²) in [4.78, 5) is 24.8. The van der Waals surface area contributed by atoms with E-state index in [4.69, 9.17) is 4.74 Å². The molecule has 31 heavy (non-hydrogen) atoms. The second kappa shape index (κ2) is 9.36. The molecule has 1 aliphatic rings. The van der Waals surface area contributed by atoms with E-state index in [-0.39, 0.29) is 18.5 Å². The number of halogens is 3. The van der Waals surface area contributed by atoms with Gasteiger partial charge in [-0.1, -0.05) is 12.1 Å². The number of aryl methyl sites for hydroxylation is 2. The summed E-state index contributed by atoms with van der Waals surface area (Å²) in [7, 11) is 0. The van der Waals surface area contributed by atoms with Gasteiger partial charge in [0, 0.05) is 31.1 Å². The fourth-order valence-corrected chi connectivity index (χ4v) is 3.45. The first-order valence-electron chi connectivity index (χ1n) is 9.96. The molecule has 2 heterocycles. The quantitative estimate of drug-likeness (QED) is 0.509. The maximum Gasteiger partial charge on any atom is 0.454 e. The minimum Gasteiger partial charge on any atom is -0.461 e. The first kappa shape index (κ1) is 22.6. The van der Waals surface area contributed by atoms with E-state index in [1.54, 1.807) is 4.90 Å². The number of alkyl halides is 3. The minimum absolute atomic E-state index is 0.149. The third kappa shape index (κ3) is 5.96. The van der Waals surface area contributed by atoms with Crippen molar-refractivity contribution in [3.8, 4) is 5.69 Å². The number of likely N-dealkylation sites (tertiary alicyclic amines) is 1. The van der Waals surface area contributed by atoms with Gasteiger partial charge in [-0.05, 0) is 50.5 Å². The molecule has 0 spiro atoms. The van der Waals surface area contributed by atoms with Crippen molar-refractivity contribution in [2.45, 2.75) is 39.5 Å². The van der Waals surface area contributed by atoms with Crippen LogP contribution < -0.4 is 0 Å². The fourth-order valence-electron chi connectivity index (χ4n) is 3.45. The number of hydrogen-bond acceptors (Lipinski definition) is 5. The molecule has 0 atom stereocenters. The predicted molar refractivity (Wildman–Crippen MR) is 107 cm³/mol. The highest BCUT2D eigenvalue weighted by Gasteiger charge is 2.36. The lowest BCUT2D eigenvalue weighted by molar-refractivity contribution is -0.165. The van der Waals surface area contributed by atoms with Crippen LogP contribution in [0.4, 0.5) is 13.2 Å². The van der Waals surface area contributed by atoms with Gasteiger partial charge in [0.15, 0.2) is 0 Å². The number of nitrogens with zero attached hydrogens (tertiary/aromatic N) is 3. The van der Waals surface area contributed by atoms with E-state index in [1.807, 2.05) is 48.9 Å². The maximum atomic E-state index is 12.3. The molecule has 6 nitrogen and oxygen atoms in total. The number of carbonyl (C=O) groups excluding carboxylic acids is 2. The molecule has 0 N–H and O–H groups in total. The van der Waals surface area contributed by atoms with Crippen LogP contribution in [0.2, 0.25) is 0 Å². The number of benzene rings is 1. The number of rotatable bonds is 6. The Labute approximate surface area is 178 Å². The third-order valence-corrected chi connectivity index (χ3v) is 5.15. The number of carbonyl (C=O) groups is 2. The lowest BCUT2D eigenvalue weighted by Crippen LogP contribution is -2.34. The van der Waals surface area contributed by atoms with Crippen molar-refractivity contribution in [1.29, 1.82) is 0 Å². The molecular formula is C22H24F3N3O3. The Balaban J connectivity index is 1.46. The SMILES string of the molecule is Cc1cc(C)n(-c2ccc(COC(=O)C3CCN(/C=C/C(=O)C(F)(F)F)CC3)cc2)n1. The molecule has 9 heteroatoms. The van der Waals surface area contributed by atoms with Crippen LogP contribution in [0.25, 0.3) is 5.69 Å². The highest BCUT2D eigenvalue weighted by molar-refractivity contribution is 5.94. The van der Waals surface area contributed by atoms with Crippen LogP contribution in [0.15, 0.2) is 42.6 Å². The molecule has 0 saturated carbocycles. The van der Waals surface area contributed by atoms with Gasteiger partial charge in [0.1, 0.15) is 6.61 Å². The Morgan fingerprint density at radius 3 is 2.35 bits per heavy atom. The number of hydrogen-bond donors (Lipinski definition) is 0. The maximum absolute atomic E-state index is 12.3. The van der Waals surface area contributed by atoms with Gasteiger partial charge in [0.2, 0.25) is 0 Å². The standard InChI is InChI=1S/C22H24F3N3O3/c1-15-13-16(2)28(26-15)19-5-3-17(4-6-19)14-31-21(30)18-7-10-27(11-8-18)12-9-20(29)22(23,24)25/h3-6,9,12-13,18H,7-8,10-11,14H2,1-2H3/b12-9+.